The number of nitrogens with zero attached hydrogens (tertiary/aromatic N) is 3. The molecular formula is C17H22N6O. The Labute approximate surface area is 140 Å². The molecule has 24 heavy (non-hydrogen) atoms. The second-order valence-corrected chi connectivity index (χ2v) is 6.56. The van der Waals surface area contributed by atoms with Crippen molar-refractivity contribution in [1.29, 1.82) is 0 Å². The first kappa shape index (κ1) is 14.1. The molecule has 0 unspecified atom stereocenters. The summed E-state index contributed by atoms with van der Waals surface area (Å²) in [6.45, 7) is 5.58. The van der Waals surface area contributed by atoms with Crippen molar-refractivity contribution >= 4 is 17.5 Å². The van der Waals surface area contributed by atoms with Crippen LogP contribution in [0.25, 0.3) is 17.5 Å². The van der Waals surface area contributed by atoms with E-state index in [2.05, 4.69) is 45.0 Å². The van der Waals surface area contributed by atoms with Crippen LogP contribution < -0.4 is 26.8 Å². The molecule has 1 saturated heterocycles. The molecule has 0 spiro atoms. The van der Waals surface area contributed by atoms with Gasteiger partial charge in [-0.2, -0.15) is 5.10 Å². The standard InChI is InChI=1S/C17H22N6O/c1-2-22-15-9-18-19-14-4-3-13-12(17(21-22)16(14)15)10-23(20-13)11-5-7-24-8-6-11/h3-4,9,11,18-20H,2,5-8,10H2,1H3. The maximum absolute atomic E-state index is 5.50. The molecule has 0 bridgehead atoms. The lowest BCUT2D eigenvalue weighted by Gasteiger charge is -2.31. The first-order valence-electron chi connectivity index (χ1n) is 8.70. The molecule has 0 radical (unpaired) electrons. The second kappa shape index (κ2) is 5.39. The van der Waals surface area contributed by atoms with E-state index in [0.717, 1.165) is 61.6 Å². The third-order valence-corrected chi connectivity index (χ3v) is 5.23. The molecule has 5 rings (SSSR count). The summed E-state index contributed by atoms with van der Waals surface area (Å²) in [5, 5.41) is 9.61. The fourth-order valence-corrected chi connectivity index (χ4v) is 3.95. The van der Waals surface area contributed by atoms with Gasteiger partial charge in [-0.25, -0.2) is 5.01 Å². The van der Waals surface area contributed by atoms with Crippen LogP contribution in [-0.4, -0.2) is 40.6 Å². The molecule has 1 aromatic heterocycles. The Morgan fingerprint density at radius 1 is 1.25 bits per heavy atom. The Kier molecular flexibility index (Phi) is 3.17. The molecule has 0 aromatic carbocycles. The lowest BCUT2D eigenvalue weighted by Crippen LogP contribution is -2.46. The van der Waals surface area contributed by atoms with Crippen molar-refractivity contribution in [3.05, 3.63) is 34.1 Å². The summed E-state index contributed by atoms with van der Waals surface area (Å²) in [4.78, 5) is 0. The molecule has 7 nitrogen and oxygen atoms in total. The van der Waals surface area contributed by atoms with Gasteiger partial charge in [0.25, 0.3) is 0 Å². The SMILES string of the molecule is CCn1nc2c3c1=CNNC=3C=CC1=C2CN(C2CCOCC2)N1. The van der Waals surface area contributed by atoms with E-state index in [4.69, 9.17) is 9.84 Å². The molecule has 7 heteroatoms. The maximum Gasteiger partial charge on any atom is 0.102 e. The van der Waals surface area contributed by atoms with Crippen molar-refractivity contribution in [3.63, 3.8) is 0 Å². The van der Waals surface area contributed by atoms with Crippen LogP contribution >= 0.6 is 0 Å². The number of hydrogen-bond donors (Lipinski definition) is 3. The topological polar surface area (TPSA) is 66.4 Å². The number of allylic oxidation sites excluding steroid dienone is 1. The van der Waals surface area contributed by atoms with Gasteiger partial charge >= 0.3 is 0 Å². The van der Waals surface area contributed by atoms with Gasteiger partial charge in [-0.15, -0.1) is 0 Å². The number of hydrogen-bond acceptors (Lipinski definition) is 6. The van der Waals surface area contributed by atoms with E-state index in [9.17, 15) is 0 Å². The monoisotopic (exact) mass is 326 g/mol. The number of ether oxygens (including phenoxy) is 1. The van der Waals surface area contributed by atoms with Crippen molar-refractivity contribution in [1.82, 2.24) is 31.1 Å². The number of nitrogens with one attached hydrogen (secondary N) is 3. The maximum atomic E-state index is 5.50. The summed E-state index contributed by atoms with van der Waals surface area (Å²) >= 11 is 0. The van der Waals surface area contributed by atoms with E-state index in [1.807, 2.05) is 6.20 Å². The Balaban J connectivity index is 1.58. The van der Waals surface area contributed by atoms with Crippen LogP contribution in [0.4, 0.5) is 0 Å². The van der Waals surface area contributed by atoms with Gasteiger partial charge in [-0.05, 0) is 31.9 Å². The normalized spacial score (nSPS) is 23.0. The van der Waals surface area contributed by atoms with E-state index in [1.54, 1.807) is 0 Å². The number of hydrazine groups is 2. The number of rotatable bonds is 2. The van der Waals surface area contributed by atoms with E-state index >= 15 is 0 Å². The van der Waals surface area contributed by atoms with Crippen molar-refractivity contribution in [2.45, 2.75) is 32.4 Å². The lowest BCUT2D eigenvalue weighted by atomic mass is 10.1. The summed E-state index contributed by atoms with van der Waals surface area (Å²) in [6.07, 6.45) is 8.44. The second-order valence-electron chi connectivity index (χ2n) is 6.56. The number of aryl methyl sites for hydroxylation is 1. The molecule has 0 saturated carbocycles. The molecule has 4 heterocycles. The van der Waals surface area contributed by atoms with E-state index in [-0.39, 0.29) is 0 Å². The van der Waals surface area contributed by atoms with Gasteiger partial charge in [-0.1, -0.05) is 0 Å². The number of fused-ring (bicyclic) bond motifs is 1. The molecule has 3 N–H and O–H groups in total. The fraction of sp³-hybridized carbons (Fsp3) is 0.471. The molecule has 3 aliphatic heterocycles. The summed E-state index contributed by atoms with van der Waals surface area (Å²) in [5.41, 5.74) is 14.6. The lowest BCUT2D eigenvalue weighted by molar-refractivity contribution is 0.0287. The Hall–Kier alpha value is -2.25. The van der Waals surface area contributed by atoms with Crippen LogP contribution in [0, 0.1) is 0 Å². The van der Waals surface area contributed by atoms with Gasteiger partial charge in [-0.3, -0.25) is 4.68 Å². The van der Waals surface area contributed by atoms with E-state index in [0.29, 0.717) is 6.04 Å². The number of aromatic nitrogens is 2. The van der Waals surface area contributed by atoms with Crippen LogP contribution in [0.15, 0.2) is 17.8 Å². The quantitative estimate of drug-likeness (QED) is 0.657. The van der Waals surface area contributed by atoms with Gasteiger partial charge in [0.2, 0.25) is 0 Å². The Morgan fingerprint density at radius 3 is 2.92 bits per heavy atom. The summed E-state index contributed by atoms with van der Waals surface area (Å²) in [7, 11) is 0. The summed E-state index contributed by atoms with van der Waals surface area (Å²) in [5.74, 6) is 0. The van der Waals surface area contributed by atoms with Gasteiger partial charge in [0.15, 0.2) is 0 Å². The van der Waals surface area contributed by atoms with E-state index < -0.39 is 0 Å². The average molecular weight is 326 g/mol. The summed E-state index contributed by atoms with van der Waals surface area (Å²) < 4.78 is 7.57. The minimum Gasteiger partial charge on any atom is -0.381 e. The van der Waals surface area contributed by atoms with Gasteiger partial charge in [0.1, 0.15) is 5.69 Å². The highest BCUT2D eigenvalue weighted by Crippen LogP contribution is 2.27. The zero-order valence-corrected chi connectivity index (χ0v) is 13.8. The van der Waals surface area contributed by atoms with Crippen molar-refractivity contribution in [2.24, 2.45) is 0 Å². The van der Waals surface area contributed by atoms with Crippen molar-refractivity contribution < 1.29 is 4.74 Å². The molecule has 1 aliphatic carbocycles. The predicted octanol–water partition coefficient (Wildman–Crippen LogP) is -0.863. The molecule has 1 aromatic rings. The zero-order chi connectivity index (χ0) is 16.1. The van der Waals surface area contributed by atoms with Crippen LogP contribution in [0.3, 0.4) is 0 Å². The molecule has 0 amide bonds. The summed E-state index contributed by atoms with van der Waals surface area (Å²) in [6, 6.07) is 0.526. The highest BCUT2D eigenvalue weighted by molar-refractivity contribution is 5.77. The third kappa shape index (κ3) is 2.01. The largest absolute Gasteiger partial charge is 0.381 e. The first-order valence-corrected chi connectivity index (χ1v) is 8.70. The molecule has 126 valence electrons. The third-order valence-electron chi connectivity index (χ3n) is 5.23. The highest BCUT2D eigenvalue weighted by atomic mass is 16.5. The highest BCUT2D eigenvalue weighted by Gasteiger charge is 2.32. The van der Waals surface area contributed by atoms with Crippen molar-refractivity contribution in [2.75, 3.05) is 19.8 Å². The Bertz CT molecular complexity index is 858. The van der Waals surface area contributed by atoms with E-state index in [1.165, 1.54) is 10.8 Å². The zero-order valence-electron chi connectivity index (χ0n) is 13.8. The van der Waals surface area contributed by atoms with Crippen LogP contribution in [0.5, 0.6) is 0 Å². The minimum absolute atomic E-state index is 0.526. The fourth-order valence-electron chi connectivity index (χ4n) is 3.95. The van der Waals surface area contributed by atoms with Gasteiger partial charge in [0, 0.05) is 44.1 Å². The first-order chi connectivity index (χ1) is 11.8. The van der Waals surface area contributed by atoms with Gasteiger partial charge < -0.3 is 21.0 Å². The minimum atomic E-state index is 0.526. The van der Waals surface area contributed by atoms with Crippen LogP contribution in [-0.2, 0) is 11.3 Å². The van der Waals surface area contributed by atoms with Crippen LogP contribution in [0.2, 0.25) is 0 Å². The molecule has 0 atom stereocenters. The molecular weight excluding hydrogens is 304 g/mol. The Morgan fingerprint density at radius 2 is 2.08 bits per heavy atom. The van der Waals surface area contributed by atoms with Crippen LogP contribution in [0.1, 0.15) is 25.5 Å². The molecule has 4 aliphatic rings. The predicted molar refractivity (Wildman–Crippen MR) is 91.0 cm³/mol. The average Bonchev–Trinajstić information content (AvgIpc) is 3.18. The van der Waals surface area contributed by atoms with Gasteiger partial charge in [0.05, 0.1) is 22.0 Å². The van der Waals surface area contributed by atoms with Crippen molar-refractivity contribution in [3.8, 4) is 0 Å². The smallest absolute Gasteiger partial charge is 0.102 e. The molecule has 1 fully saturated rings.